The number of H-pyrrole nitrogens is 1. The molecule has 0 saturated carbocycles. The number of nitrogens with one attached hydrogen (secondary N) is 1. The Balaban J connectivity index is 2.01. The number of nitrogens with zero attached hydrogens (tertiary/aromatic N) is 5. The first-order valence-corrected chi connectivity index (χ1v) is 8.84. The van der Waals surface area contributed by atoms with E-state index in [1.165, 1.54) is 15.5 Å². The van der Waals surface area contributed by atoms with Crippen molar-refractivity contribution in [2.45, 2.75) is 26.1 Å². The fraction of sp³-hybridized carbons (Fsp3) is 0.263. The average molecular weight is 402 g/mol. The number of imidazole rings is 1. The van der Waals surface area contributed by atoms with Crippen molar-refractivity contribution in [3.05, 3.63) is 48.0 Å². The first kappa shape index (κ1) is 18.9. The molecule has 1 amide bonds. The van der Waals surface area contributed by atoms with E-state index in [1.54, 1.807) is 31.4 Å². The zero-order valence-electron chi connectivity index (χ0n) is 15.8. The molecule has 0 bridgehead atoms. The molecule has 0 aliphatic carbocycles. The van der Waals surface area contributed by atoms with Crippen molar-refractivity contribution in [3.8, 4) is 5.69 Å². The molecule has 0 spiro atoms. The highest BCUT2D eigenvalue weighted by molar-refractivity contribution is 5.96. The van der Waals surface area contributed by atoms with Crippen molar-refractivity contribution in [3.63, 3.8) is 0 Å². The van der Waals surface area contributed by atoms with E-state index in [9.17, 15) is 18.0 Å². The molecule has 0 unspecified atom stereocenters. The second kappa shape index (κ2) is 6.57. The first-order chi connectivity index (χ1) is 13.7. The van der Waals surface area contributed by atoms with Gasteiger partial charge in [0, 0.05) is 18.5 Å². The maximum absolute atomic E-state index is 13.2. The lowest BCUT2D eigenvalue weighted by Crippen LogP contribution is -2.34. The minimum atomic E-state index is -4.61. The van der Waals surface area contributed by atoms with Crippen LogP contribution in [0.5, 0.6) is 0 Å². The highest BCUT2D eigenvalue weighted by Crippen LogP contribution is 2.30. The van der Waals surface area contributed by atoms with Crippen molar-refractivity contribution < 1.29 is 18.0 Å². The summed E-state index contributed by atoms with van der Waals surface area (Å²) >= 11 is 0. The number of amides is 1. The van der Waals surface area contributed by atoms with Gasteiger partial charge in [0.15, 0.2) is 5.65 Å². The summed E-state index contributed by atoms with van der Waals surface area (Å²) in [6.07, 6.45) is -3.02. The van der Waals surface area contributed by atoms with Gasteiger partial charge in [-0.2, -0.15) is 18.3 Å². The van der Waals surface area contributed by atoms with E-state index in [-0.39, 0.29) is 23.0 Å². The molecule has 1 N–H and O–H groups in total. The Kier molecular flexibility index (Phi) is 4.29. The molecule has 4 aromatic rings. The summed E-state index contributed by atoms with van der Waals surface area (Å²) in [5.41, 5.74) is 0.337. The molecule has 4 rings (SSSR count). The van der Waals surface area contributed by atoms with Crippen LogP contribution >= 0.6 is 0 Å². The number of carbonyl (C=O) groups excluding carboxylic acids is 1. The number of aromatic nitrogens is 5. The maximum atomic E-state index is 13.2. The van der Waals surface area contributed by atoms with Gasteiger partial charge in [-0.15, -0.1) is 0 Å². The summed E-state index contributed by atoms with van der Waals surface area (Å²) in [7, 11) is 1.62. The highest BCUT2D eigenvalue weighted by atomic mass is 19.4. The second-order valence-corrected chi connectivity index (χ2v) is 6.96. The third-order valence-corrected chi connectivity index (χ3v) is 4.76. The van der Waals surface area contributed by atoms with Gasteiger partial charge in [-0.25, -0.2) is 9.97 Å². The Bertz CT molecular complexity index is 1220. The number of alkyl halides is 3. The largest absolute Gasteiger partial charge is 0.433 e. The maximum Gasteiger partial charge on any atom is 0.433 e. The van der Waals surface area contributed by atoms with Crippen LogP contribution in [0.2, 0.25) is 0 Å². The molecule has 3 aromatic heterocycles. The molecule has 0 aliphatic heterocycles. The summed E-state index contributed by atoms with van der Waals surface area (Å²) in [4.78, 5) is 22.6. The number of rotatable bonds is 3. The summed E-state index contributed by atoms with van der Waals surface area (Å²) in [6, 6.07) is 7.09. The van der Waals surface area contributed by atoms with Crippen molar-refractivity contribution in [1.82, 2.24) is 29.6 Å². The second-order valence-electron chi connectivity index (χ2n) is 6.96. The molecule has 0 atom stereocenters. The molecule has 1 aromatic carbocycles. The molecule has 0 aliphatic rings. The number of halogens is 3. The van der Waals surface area contributed by atoms with Gasteiger partial charge in [-0.3, -0.25) is 14.5 Å². The number of pyridine rings is 1. The van der Waals surface area contributed by atoms with E-state index in [0.717, 1.165) is 17.0 Å². The summed E-state index contributed by atoms with van der Waals surface area (Å²) in [5, 5.41) is 7.51. The van der Waals surface area contributed by atoms with E-state index in [0.29, 0.717) is 5.69 Å². The van der Waals surface area contributed by atoms with Crippen LogP contribution in [0.4, 0.5) is 13.2 Å². The van der Waals surface area contributed by atoms with E-state index in [4.69, 9.17) is 0 Å². The van der Waals surface area contributed by atoms with Crippen LogP contribution in [0.3, 0.4) is 0 Å². The molecule has 7 nitrogen and oxygen atoms in total. The predicted molar refractivity (Wildman–Crippen MR) is 101 cm³/mol. The number of benzene rings is 1. The standard InChI is InChI=1S/C19H17F3N6O/c1-10(2)27(3)18(29)17-24-14-6-7-15(19(20,21)22)25-16(14)28(17)12-4-5-13-11(8-12)9-23-26-13/h4-10H,1-3H3,(H,23,26). The van der Waals surface area contributed by atoms with Gasteiger partial charge in [-0.1, -0.05) is 0 Å². The Morgan fingerprint density at radius 3 is 2.62 bits per heavy atom. The number of aromatic amines is 1. The summed E-state index contributed by atoms with van der Waals surface area (Å²) < 4.78 is 41.1. The number of hydrogen-bond donors (Lipinski definition) is 1. The lowest BCUT2D eigenvalue weighted by molar-refractivity contribution is -0.141. The van der Waals surface area contributed by atoms with Crippen LogP contribution in [0.15, 0.2) is 36.5 Å². The number of carbonyl (C=O) groups is 1. The van der Waals surface area contributed by atoms with Gasteiger partial charge in [0.25, 0.3) is 5.91 Å². The molecular weight excluding hydrogens is 385 g/mol. The van der Waals surface area contributed by atoms with Crippen LogP contribution < -0.4 is 0 Å². The van der Waals surface area contributed by atoms with Gasteiger partial charge in [0.05, 0.1) is 17.4 Å². The quantitative estimate of drug-likeness (QED) is 0.565. The smallest absolute Gasteiger partial charge is 0.337 e. The molecule has 10 heteroatoms. The summed E-state index contributed by atoms with van der Waals surface area (Å²) in [5.74, 6) is -0.426. The molecule has 0 saturated heterocycles. The third-order valence-electron chi connectivity index (χ3n) is 4.76. The SMILES string of the molecule is CC(C)N(C)C(=O)c1nc2ccc(C(F)(F)F)nc2n1-c1ccc2[nH]ncc2c1. The fourth-order valence-electron chi connectivity index (χ4n) is 2.96. The molecule has 0 radical (unpaired) electrons. The fourth-order valence-corrected chi connectivity index (χ4v) is 2.96. The minimum absolute atomic E-state index is 0.00845. The van der Waals surface area contributed by atoms with Crippen molar-refractivity contribution in [2.24, 2.45) is 0 Å². The monoisotopic (exact) mass is 402 g/mol. The lowest BCUT2D eigenvalue weighted by atomic mass is 10.2. The van der Waals surface area contributed by atoms with E-state index in [2.05, 4.69) is 20.2 Å². The summed E-state index contributed by atoms with van der Waals surface area (Å²) in [6.45, 7) is 3.67. The molecule has 150 valence electrons. The third kappa shape index (κ3) is 3.20. The Morgan fingerprint density at radius 1 is 1.17 bits per heavy atom. The molecular formula is C19H17F3N6O. The van der Waals surface area contributed by atoms with Gasteiger partial charge in [-0.05, 0) is 44.2 Å². The van der Waals surface area contributed by atoms with Gasteiger partial charge in [0.2, 0.25) is 5.82 Å². The number of hydrogen-bond acceptors (Lipinski definition) is 4. The van der Waals surface area contributed by atoms with Crippen LogP contribution in [0.1, 0.15) is 30.2 Å². The van der Waals surface area contributed by atoms with Crippen molar-refractivity contribution in [1.29, 1.82) is 0 Å². The zero-order valence-corrected chi connectivity index (χ0v) is 15.8. The van der Waals surface area contributed by atoms with E-state index >= 15 is 0 Å². The first-order valence-electron chi connectivity index (χ1n) is 8.84. The van der Waals surface area contributed by atoms with Gasteiger partial charge >= 0.3 is 6.18 Å². The number of fused-ring (bicyclic) bond motifs is 2. The van der Waals surface area contributed by atoms with Gasteiger partial charge < -0.3 is 4.90 Å². The topological polar surface area (TPSA) is 79.7 Å². The highest BCUT2D eigenvalue weighted by Gasteiger charge is 2.34. The average Bonchev–Trinajstić information content (AvgIpc) is 3.28. The van der Waals surface area contributed by atoms with Crippen LogP contribution in [-0.2, 0) is 6.18 Å². The molecule has 0 fully saturated rings. The van der Waals surface area contributed by atoms with E-state index in [1.807, 2.05) is 13.8 Å². The van der Waals surface area contributed by atoms with Gasteiger partial charge in [0.1, 0.15) is 11.2 Å². The molecule has 3 heterocycles. The lowest BCUT2D eigenvalue weighted by Gasteiger charge is -2.21. The van der Waals surface area contributed by atoms with Crippen molar-refractivity contribution >= 4 is 28.0 Å². The van der Waals surface area contributed by atoms with Crippen LogP contribution in [0, 0.1) is 0 Å². The van der Waals surface area contributed by atoms with Crippen molar-refractivity contribution in [2.75, 3.05) is 7.05 Å². The zero-order chi connectivity index (χ0) is 20.9. The minimum Gasteiger partial charge on any atom is -0.337 e. The van der Waals surface area contributed by atoms with Crippen LogP contribution in [-0.4, -0.2) is 48.6 Å². The van der Waals surface area contributed by atoms with Crippen LogP contribution in [0.25, 0.3) is 27.8 Å². The predicted octanol–water partition coefficient (Wildman–Crippen LogP) is 3.80. The molecule has 29 heavy (non-hydrogen) atoms. The Hall–Kier alpha value is -3.43. The Labute approximate surface area is 163 Å². The normalized spacial score (nSPS) is 12.2. The van der Waals surface area contributed by atoms with E-state index < -0.39 is 17.8 Å². The Morgan fingerprint density at radius 2 is 1.93 bits per heavy atom.